The van der Waals surface area contributed by atoms with E-state index in [1.807, 2.05) is 41.3 Å². The van der Waals surface area contributed by atoms with Gasteiger partial charge < -0.3 is 9.47 Å². The van der Waals surface area contributed by atoms with Crippen LogP contribution >= 0.6 is 11.6 Å². The molecule has 0 saturated carbocycles. The van der Waals surface area contributed by atoms with Crippen molar-refractivity contribution in [2.24, 2.45) is 0 Å². The predicted octanol–water partition coefficient (Wildman–Crippen LogP) is 5.47. The summed E-state index contributed by atoms with van der Waals surface area (Å²) < 4.78 is 2.23. The van der Waals surface area contributed by atoms with Crippen LogP contribution < -0.4 is 0 Å². The number of nitrogens with zero attached hydrogens (tertiary/aromatic N) is 2. The number of amides is 1. The van der Waals surface area contributed by atoms with Crippen LogP contribution in [0.5, 0.6) is 0 Å². The molecule has 0 aliphatic carbocycles. The molecule has 1 amide bonds. The lowest BCUT2D eigenvalue weighted by Gasteiger charge is -2.29. The molecule has 0 saturated heterocycles. The number of fused-ring (bicyclic) bond motifs is 2. The Morgan fingerprint density at radius 3 is 2.47 bits per heavy atom. The number of halogens is 1. The number of para-hydroxylation sites is 1. The first-order valence-corrected chi connectivity index (χ1v) is 10.7. The van der Waals surface area contributed by atoms with Gasteiger partial charge in [0.15, 0.2) is 0 Å². The summed E-state index contributed by atoms with van der Waals surface area (Å²) in [5.74, 6) is 0.193. The monoisotopic (exact) mass is 414 g/mol. The number of rotatable bonds is 4. The molecule has 4 aromatic rings. The molecule has 0 radical (unpaired) electrons. The van der Waals surface area contributed by atoms with Gasteiger partial charge in [-0.05, 0) is 46.9 Å². The SMILES string of the molecule is O=C(Cc1cn(Cc2ccc(Cl)cc2)c2ccccc12)N1CCc2ccccc2C1. The van der Waals surface area contributed by atoms with Crippen LogP contribution in [0, 0.1) is 0 Å². The van der Waals surface area contributed by atoms with E-state index in [9.17, 15) is 4.79 Å². The van der Waals surface area contributed by atoms with Crippen molar-refractivity contribution in [3.8, 4) is 0 Å². The number of hydrogen-bond acceptors (Lipinski definition) is 1. The normalized spacial score (nSPS) is 13.4. The Morgan fingerprint density at radius 1 is 0.900 bits per heavy atom. The largest absolute Gasteiger partial charge is 0.343 e. The molecule has 0 spiro atoms. The topological polar surface area (TPSA) is 25.2 Å². The van der Waals surface area contributed by atoms with Gasteiger partial charge in [0.2, 0.25) is 5.91 Å². The number of carbonyl (C=O) groups excluding carboxylic acids is 1. The van der Waals surface area contributed by atoms with E-state index in [-0.39, 0.29) is 5.91 Å². The van der Waals surface area contributed by atoms with E-state index < -0.39 is 0 Å². The molecule has 0 fully saturated rings. The minimum atomic E-state index is 0.193. The predicted molar refractivity (Wildman–Crippen MR) is 122 cm³/mol. The Hall–Kier alpha value is -3.04. The van der Waals surface area contributed by atoms with E-state index in [4.69, 9.17) is 11.6 Å². The summed E-state index contributed by atoms with van der Waals surface area (Å²) in [7, 11) is 0. The highest BCUT2D eigenvalue weighted by Crippen LogP contribution is 2.25. The average Bonchev–Trinajstić information content (AvgIpc) is 3.12. The van der Waals surface area contributed by atoms with Gasteiger partial charge in [0.25, 0.3) is 0 Å². The van der Waals surface area contributed by atoms with E-state index in [2.05, 4.69) is 47.2 Å². The van der Waals surface area contributed by atoms with Gasteiger partial charge in [-0.2, -0.15) is 0 Å². The Balaban J connectivity index is 1.39. The van der Waals surface area contributed by atoms with Crippen molar-refractivity contribution in [2.45, 2.75) is 25.9 Å². The maximum absolute atomic E-state index is 13.1. The van der Waals surface area contributed by atoms with Gasteiger partial charge in [-0.15, -0.1) is 0 Å². The molecular formula is C26H23ClN2O. The van der Waals surface area contributed by atoms with Gasteiger partial charge in [0.1, 0.15) is 0 Å². The van der Waals surface area contributed by atoms with Gasteiger partial charge in [-0.3, -0.25) is 4.79 Å². The lowest BCUT2D eigenvalue weighted by atomic mass is 9.99. The van der Waals surface area contributed by atoms with Gasteiger partial charge in [0.05, 0.1) is 6.42 Å². The summed E-state index contributed by atoms with van der Waals surface area (Å²) >= 11 is 6.03. The Morgan fingerprint density at radius 2 is 1.63 bits per heavy atom. The van der Waals surface area contributed by atoms with E-state index in [1.165, 1.54) is 16.7 Å². The molecule has 0 N–H and O–H groups in total. The molecule has 5 rings (SSSR count). The quantitative estimate of drug-likeness (QED) is 0.434. The van der Waals surface area contributed by atoms with Crippen LogP contribution in [0.4, 0.5) is 0 Å². The van der Waals surface area contributed by atoms with Crippen molar-refractivity contribution in [3.63, 3.8) is 0 Å². The van der Waals surface area contributed by atoms with Crippen LogP contribution in [0.25, 0.3) is 10.9 Å². The summed E-state index contributed by atoms with van der Waals surface area (Å²) in [6.45, 7) is 2.25. The summed E-state index contributed by atoms with van der Waals surface area (Å²) in [6.07, 6.45) is 3.49. The molecule has 30 heavy (non-hydrogen) atoms. The van der Waals surface area contributed by atoms with Crippen molar-refractivity contribution in [3.05, 3.63) is 106 Å². The van der Waals surface area contributed by atoms with Crippen LogP contribution in [-0.2, 0) is 30.7 Å². The smallest absolute Gasteiger partial charge is 0.227 e. The molecule has 150 valence electrons. The number of carbonyl (C=O) groups is 1. The summed E-state index contributed by atoms with van der Waals surface area (Å²) in [4.78, 5) is 15.1. The van der Waals surface area contributed by atoms with E-state index in [0.717, 1.165) is 41.0 Å². The summed E-state index contributed by atoms with van der Waals surface area (Å²) in [6, 6.07) is 24.7. The zero-order valence-corrected chi connectivity index (χ0v) is 17.5. The van der Waals surface area contributed by atoms with Crippen LogP contribution in [0.15, 0.2) is 79.0 Å². The molecule has 2 heterocycles. The van der Waals surface area contributed by atoms with Crippen molar-refractivity contribution < 1.29 is 4.79 Å². The van der Waals surface area contributed by atoms with Crippen LogP contribution in [-0.4, -0.2) is 21.9 Å². The van der Waals surface area contributed by atoms with Crippen molar-refractivity contribution in [1.29, 1.82) is 0 Å². The number of hydrogen-bond donors (Lipinski definition) is 0. The third-order valence-corrected chi connectivity index (χ3v) is 6.21. The van der Waals surface area contributed by atoms with E-state index in [1.54, 1.807) is 0 Å². The van der Waals surface area contributed by atoms with Gasteiger partial charge in [-0.25, -0.2) is 0 Å². The van der Waals surface area contributed by atoms with E-state index in [0.29, 0.717) is 13.0 Å². The second-order valence-electron chi connectivity index (χ2n) is 7.94. The Kier molecular flexibility index (Phi) is 5.06. The lowest BCUT2D eigenvalue weighted by molar-refractivity contribution is -0.131. The molecule has 3 aromatic carbocycles. The third-order valence-electron chi connectivity index (χ3n) is 5.96. The first kappa shape index (κ1) is 19.0. The highest BCUT2D eigenvalue weighted by Gasteiger charge is 2.22. The van der Waals surface area contributed by atoms with Crippen LogP contribution in [0.2, 0.25) is 5.02 Å². The number of benzene rings is 3. The fraction of sp³-hybridized carbons (Fsp3) is 0.192. The molecule has 1 aliphatic heterocycles. The molecular weight excluding hydrogens is 392 g/mol. The van der Waals surface area contributed by atoms with Gasteiger partial charge in [-0.1, -0.05) is 66.2 Å². The van der Waals surface area contributed by atoms with Crippen LogP contribution in [0.3, 0.4) is 0 Å². The first-order chi connectivity index (χ1) is 14.7. The zero-order chi connectivity index (χ0) is 20.5. The number of aromatic nitrogens is 1. The zero-order valence-electron chi connectivity index (χ0n) is 16.7. The fourth-order valence-electron chi connectivity index (χ4n) is 4.36. The average molecular weight is 415 g/mol. The minimum Gasteiger partial charge on any atom is -0.343 e. The van der Waals surface area contributed by atoms with E-state index >= 15 is 0 Å². The molecule has 1 aromatic heterocycles. The summed E-state index contributed by atoms with van der Waals surface area (Å²) in [5, 5.41) is 1.89. The Bertz CT molecular complexity index is 1210. The molecule has 1 aliphatic rings. The van der Waals surface area contributed by atoms with Crippen LogP contribution in [0.1, 0.15) is 22.3 Å². The standard InChI is InChI=1S/C26H23ClN2O/c27-23-11-9-19(10-12-23)16-29-18-22(24-7-3-4-8-25(24)29)15-26(30)28-14-13-20-5-1-2-6-21(20)17-28/h1-12,18H,13-17H2. The third kappa shape index (κ3) is 3.73. The highest BCUT2D eigenvalue weighted by atomic mass is 35.5. The highest BCUT2D eigenvalue weighted by molar-refractivity contribution is 6.30. The minimum absolute atomic E-state index is 0.193. The molecule has 0 unspecified atom stereocenters. The molecule has 3 nitrogen and oxygen atoms in total. The molecule has 0 bridgehead atoms. The van der Waals surface area contributed by atoms with Gasteiger partial charge >= 0.3 is 0 Å². The lowest BCUT2D eigenvalue weighted by Crippen LogP contribution is -2.36. The van der Waals surface area contributed by atoms with Crippen molar-refractivity contribution in [1.82, 2.24) is 9.47 Å². The maximum atomic E-state index is 13.1. The molecule has 4 heteroatoms. The summed E-state index contributed by atoms with van der Waals surface area (Å²) in [5.41, 5.74) is 6.05. The first-order valence-electron chi connectivity index (χ1n) is 10.3. The second-order valence-corrected chi connectivity index (χ2v) is 8.37. The van der Waals surface area contributed by atoms with Crippen molar-refractivity contribution in [2.75, 3.05) is 6.54 Å². The fourth-order valence-corrected chi connectivity index (χ4v) is 4.49. The van der Waals surface area contributed by atoms with Crippen molar-refractivity contribution >= 4 is 28.4 Å². The maximum Gasteiger partial charge on any atom is 0.227 e. The Labute approximate surface area is 181 Å². The van der Waals surface area contributed by atoms with Gasteiger partial charge in [0, 0.05) is 41.8 Å². The molecule has 0 atom stereocenters. The second kappa shape index (κ2) is 8.00.